The van der Waals surface area contributed by atoms with Crippen molar-refractivity contribution in [1.29, 1.82) is 0 Å². The molecule has 0 N–H and O–H groups in total. The van der Waals surface area contributed by atoms with Gasteiger partial charge in [-0.1, -0.05) is 35.9 Å². The van der Waals surface area contributed by atoms with Gasteiger partial charge in [-0.25, -0.2) is 0 Å². The van der Waals surface area contributed by atoms with Crippen LogP contribution in [0.25, 0.3) is 10.8 Å². The first-order valence-corrected chi connectivity index (χ1v) is 9.21. The van der Waals surface area contributed by atoms with Gasteiger partial charge in [0.15, 0.2) is 0 Å². The molecule has 6 heteroatoms. The smallest absolute Gasteiger partial charge is 0.316 e. The topological polar surface area (TPSA) is 59.8 Å². The van der Waals surface area contributed by atoms with E-state index in [-0.39, 0.29) is 17.8 Å². The zero-order chi connectivity index (χ0) is 18.8. The van der Waals surface area contributed by atoms with E-state index in [1.807, 2.05) is 24.3 Å². The number of esters is 1. The van der Waals surface area contributed by atoms with Crippen LogP contribution in [0.2, 0.25) is 5.02 Å². The Hall–Kier alpha value is -2.79. The lowest BCUT2D eigenvalue weighted by Crippen LogP contribution is -2.43. The lowest BCUT2D eigenvalue weighted by molar-refractivity contribution is -0.140. The summed E-state index contributed by atoms with van der Waals surface area (Å²) in [6.45, 7) is 0.964. The van der Waals surface area contributed by atoms with Crippen molar-refractivity contribution < 1.29 is 18.7 Å². The number of rotatable bonds is 3. The van der Waals surface area contributed by atoms with Gasteiger partial charge in [0.25, 0.3) is 5.91 Å². The fourth-order valence-electron chi connectivity index (χ4n) is 3.44. The van der Waals surface area contributed by atoms with Crippen LogP contribution < -0.4 is 4.74 Å². The molecule has 0 aliphatic carbocycles. The van der Waals surface area contributed by atoms with E-state index in [1.165, 1.54) is 12.5 Å². The number of likely N-dealkylation sites (tertiary alicyclic amines) is 1. The number of piperidine rings is 1. The number of ether oxygens (including phenoxy) is 1. The van der Waals surface area contributed by atoms with E-state index < -0.39 is 0 Å². The highest BCUT2D eigenvalue weighted by Gasteiger charge is 2.30. The van der Waals surface area contributed by atoms with Crippen LogP contribution in [-0.4, -0.2) is 29.9 Å². The summed E-state index contributed by atoms with van der Waals surface area (Å²) in [5, 5.41) is 2.24. The first-order valence-electron chi connectivity index (χ1n) is 8.84. The van der Waals surface area contributed by atoms with E-state index in [9.17, 15) is 9.59 Å². The third-order valence-corrected chi connectivity index (χ3v) is 5.18. The van der Waals surface area contributed by atoms with E-state index in [0.717, 1.165) is 17.2 Å². The summed E-state index contributed by atoms with van der Waals surface area (Å²) in [7, 11) is 0. The number of benzene rings is 2. The van der Waals surface area contributed by atoms with Crippen molar-refractivity contribution in [1.82, 2.24) is 4.90 Å². The minimum Gasteiger partial charge on any atom is -0.472 e. The minimum absolute atomic E-state index is 0.127. The number of amides is 1. The number of nitrogens with zero attached hydrogens (tertiary/aromatic N) is 1. The fraction of sp³-hybridized carbons (Fsp3) is 0.238. The molecule has 1 amide bonds. The molecule has 1 aliphatic heterocycles. The average molecular weight is 384 g/mol. The monoisotopic (exact) mass is 383 g/mol. The van der Waals surface area contributed by atoms with Gasteiger partial charge in [0.2, 0.25) is 0 Å². The van der Waals surface area contributed by atoms with Crippen LogP contribution in [0.3, 0.4) is 0 Å². The van der Waals surface area contributed by atoms with Gasteiger partial charge in [-0.3, -0.25) is 9.59 Å². The van der Waals surface area contributed by atoms with Crippen molar-refractivity contribution in [2.75, 3.05) is 13.1 Å². The van der Waals surface area contributed by atoms with E-state index in [4.69, 9.17) is 20.8 Å². The molecule has 1 saturated heterocycles. The predicted octanol–water partition coefficient (Wildman–Crippen LogP) is 4.54. The number of furan rings is 1. The lowest BCUT2D eigenvalue weighted by Gasteiger charge is -2.31. The number of carbonyl (C=O) groups excluding carboxylic acids is 2. The molecule has 0 spiro atoms. The maximum absolute atomic E-state index is 12.7. The SMILES string of the molecule is O=C(Oc1ccc(Cl)c2ccccc12)[C@@H]1CCCN(C(=O)c2ccoc2)C1. The Morgan fingerprint density at radius 2 is 1.93 bits per heavy atom. The number of hydrogen-bond acceptors (Lipinski definition) is 4. The van der Waals surface area contributed by atoms with E-state index in [1.54, 1.807) is 23.1 Å². The third-order valence-electron chi connectivity index (χ3n) is 4.85. The van der Waals surface area contributed by atoms with Gasteiger partial charge >= 0.3 is 5.97 Å². The summed E-state index contributed by atoms with van der Waals surface area (Å²) in [6.07, 6.45) is 4.34. The third kappa shape index (κ3) is 3.55. The Kier molecular flexibility index (Phi) is 4.86. The highest BCUT2D eigenvalue weighted by Crippen LogP contribution is 2.32. The van der Waals surface area contributed by atoms with Gasteiger partial charge in [-0.05, 0) is 31.0 Å². The van der Waals surface area contributed by atoms with E-state index in [2.05, 4.69) is 0 Å². The van der Waals surface area contributed by atoms with Crippen LogP contribution in [0.5, 0.6) is 5.75 Å². The Morgan fingerprint density at radius 1 is 1.11 bits per heavy atom. The number of hydrogen-bond donors (Lipinski definition) is 0. The van der Waals surface area contributed by atoms with Crippen molar-refractivity contribution in [2.45, 2.75) is 12.8 Å². The molecule has 0 bridgehead atoms. The molecule has 1 aliphatic rings. The minimum atomic E-state index is -0.357. The highest BCUT2D eigenvalue weighted by atomic mass is 35.5. The zero-order valence-corrected chi connectivity index (χ0v) is 15.3. The predicted molar refractivity (Wildman–Crippen MR) is 102 cm³/mol. The summed E-state index contributed by atoms with van der Waals surface area (Å²) in [5.41, 5.74) is 0.493. The van der Waals surface area contributed by atoms with Crippen molar-refractivity contribution in [3.63, 3.8) is 0 Å². The van der Waals surface area contributed by atoms with E-state index >= 15 is 0 Å². The van der Waals surface area contributed by atoms with Crippen LogP contribution >= 0.6 is 11.6 Å². The first kappa shape index (κ1) is 17.6. The van der Waals surface area contributed by atoms with Crippen LogP contribution in [0.15, 0.2) is 59.4 Å². The standard InChI is InChI=1S/C21H18ClNO4/c22-18-7-8-19(17-6-2-1-5-16(17)18)27-21(25)14-4-3-10-23(12-14)20(24)15-9-11-26-13-15/h1-2,5-9,11,13-14H,3-4,10,12H2/t14-/m1/s1. The van der Waals surface area contributed by atoms with Crippen LogP contribution in [0.4, 0.5) is 0 Å². The van der Waals surface area contributed by atoms with Crippen molar-refractivity contribution >= 4 is 34.2 Å². The van der Waals surface area contributed by atoms with Gasteiger partial charge in [0.1, 0.15) is 12.0 Å². The molecular formula is C21H18ClNO4. The molecule has 5 nitrogen and oxygen atoms in total. The van der Waals surface area contributed by atoms with E-state index in [0.29, 0.717) is 35.8 Å². The molecular weight excluding hydrogens is 366 g/mol. The van der Waals surface area contributed by atoms with Crippen molar-refractivity contribution in [3.05, 3.63) is 65.6 Å². The van der Waals surface area contributed by atoms with Crippen molar-refractivity contribution in [2.24, 2.45) is 5.92 Å². The Labute approximate surface area is 161 Å². The summed E-state index contributed by atoms with van der Waals surface area (Å²) in [5.74, 6) is -0.326. The average Bonchev–Trinajstić information content (AvgIpc) is 3.24. The summed E-state index contributed by atoms with van der Waals surface area (Å²) in [6, 6.07) is 12.6. The van der Waals surface area contributed by atoms with Crippen LogP contribution in [0.1, 0.15) is 23.2 Å². The summed E-state index contributed by atoms with van der Waals surface area (Å²) >= 11 is 6.22. The lowest BCUT2D eigenvalue weighted by atomic mass is 9.97. The molecule has 4 rings (SSSR count). The number of carbonyl (C=O) groups is 2. The molecule has 1 fully saturated rings. The maximum Gasteiger partial charge on any atom is 0.316 e. The number of fused-ring (bicyclic) bond motifs is 1. The molecule has 3 aromatic rings. The van der Waals surface area contributed by atoms with Gasteiger partial charge in [0.05, 0.1) is 17.7 Å². The summed E-state index contributed by atoms with van der Waals surface area (Å²) < 4.78 is 10.7. The van der Waals surface area contributed by atoms with Gasteiger partial charge in [-0.2, -0.15) is 0 Å². The number of halogens is 1. The Bertz CT molecular complexity index is 983. The summed E-state index contributed by atoms with van der Waals surface area (Å²) in [4.78, 5) is 26.9. The second-order valence-electron chi connectivity index (χ2n) is 6.61. The van der Waals surface area contributed by atoms with Gasteiger partial charge < -0.3 is 14.1 Å². The first-order chi connectivity index (χ1) is 13.1. The molecule has 0 unspecified atom stereocenters. The molecule has 138 valence electrons. The normalized spacial score (nSPS) is 17.1. The molecule has 2 heterocycles. The fourth-order valence-corrected chi connectivity index (χ4v) is 3.67. The second-order valence-corrected chi connectivity index (χ2v) is 7.02. The van der Waals surface area contributed by atoms with Crippen molar-refractivity contribution in [3.8, 4) is 5.75 Å². The molecule has 27 heavy (non-hydrogen) atoms. The largest absolute Gasteiger partial charge is 0.472 e. The molecule has 1 atom stereocenters. The Morgan fingerprint density at radius 3 is 2.70 bits per heavy atom. The Balaban J connectivity index is 1.50. The molecule has 2 aromatic carbocycles. The molecule has 0 saturated carbocycles. The van der Waals surface area contributed by atoms with Gasteiger partial charge in [-0.15, -0.1) is 0 Å². The van der Waals surface area contributed by atoms with Crippen LogP contribution in [0, 0.1) is 5.92 Å². The quantitative estimate of drug-likeness (QED) is 0.492. The second kappa shape index (κ2) is 7.45. The molecule has 1 aromatic heterocycles. The highest BCUT2D eigenvalue weighted by molar-refractivity contribution is 6.35. The van der Waals surface area contributed by atoms with Crippen LogP contribution in [-0.2, 0) is 4.79 Å². The maximum atomic E-state index is 12.7. The zero-order valence-electron chi connectivity index (χ0n) is 14.6. The van der Waals surface area contributed by atoms with Gasteiger partial charge in [0, 0.05) is 28.9 Å². The molecule has 0 radical (unpaired) electrons.